The number of hydrogen-bond acceptors (Lipinski definition) is 1. The Bertz CT molecular complexity index is 1160. The summed E-state index contributed by atoms with van der Waals surface area (Å²) in [6.45, 7) is 0.178. The van der Waals surface area contributed by atoms with Crippen LogP contribution in [0, 0.1) is 5.82 Å². The number of halogens is 3. The van der Waals surface area contributed by atoms with Gasteiger partial charge in [0.25, 0.3) is 0 Å². The van der Waals surface area contributed by atoms with Crippen LogP contribution in [0.15, 0.2) is 54.6 Å². The van der Waals surface area contributed by atoms with Gasteiger partial charge in [0.1, 0.15) is 5.82 Å². The van der Waals surface area contributed by atoms with Crippen molar-refractivity contribution in [2.24, 2.45) is 5.73 Å². The molecule has 0 aliphatic rings. The van der Waals surface area contributed by atoms with Crippen LogP contribution >= 0.6 is 23.2 Å². The van der Waals surface area contributed by atoms with Gasteiger partial charge in [-0.05, 0) is 30.3 Å². The van der Waals surface area contributed by atoms with Crippen LogP contribution in [-0.2, 0) is 6.54 Å². The molecule has 0 saturated carbocycles. The summed E-state index contributed by atoms with van der Waals surface area (Å²) in [5, 5.41) is 2.32. The van der Waals surface area contributed by atoms with Gasteiger partial charge in [-0.3, -0.25) is 4.79 Å². The summed E-state index contributed by atoms with van der Waals surface area (Å²) in [5.41, 5.74) is 7.76. The summed E-state index contributed by atoms with van der Waals surface area (Å²) in [6, 6.07) is 15.3. The summed E-state index contributed by atoms with van der Waals surface area (Å²) in [4.78, 5) is 11.9. The standard InChI is InChI=1S/C20H13Cl2FN2O/c21-14-6-3-8-16(23)13(14)10-25-17-9-2-5-12(20(24)26)18(17)11-4-1-7-15(22)19(11)25/h1-9H,10H2,(H2,24,26). The normalized spacial score (nSPS) is 11.3. The molecule has 4 aromatic rings. The number of para-hydroxylation sites is 1. The Kier molecular flexibility index (Phi) is 4.10. The maximum Gasteiger partial charge on any atom is 0.249 e. The maximum atomic E-state index is 14.3. The molecule has 1 heterocycles. The number of hydrogen-bond donors (Lipinski definition) is 1. The van der Waals surface area contributed by atoms with Crippen molar-refractivity contribution in [2.75, 3.05) is 0 Å². The number of nitrogens with zero attached hydrogens (tertiary/aromatic N) is 1. The molecule has 0 unspecified atom stereocenters. The molecule has 0 bridgehead atoms. The van der Waals surface area contributed by atoms with E-state index in [9.17, 15) is 9.18 Å². The van der Waals surface area contributed by atoms with Crippen LogP contribution in [0.1, 0.15) is 15.9 Å². The molecule has 1 aromatic heterocycles. The van der Waals surface area contributed by atoms with Crippen LogP contribution < -0.4 is 5.73 Å². The first-order valence-corrected chi connectivity index (χ1v) is 8.66. The largest absolute Gasteiger partial charge is 0.366 e. The Morgan fingerprint density at radius 1 is 1.00 bits per heavy atom. The van der Waals surface area contributed by atoms with Crippen molar-refractivity contribution in [3.05, 3.63) is 81.6 Å². The predicted molar refractivity (Wildman–Crippen MR) is 103 cm³/mol. The monoisotopic (exact) mass is 386 g/mol. The molecular formula is C20H13Cl2FN2O. The zero-order chi connectivity index (χ0) is 18.4. The fraction of sp³-hybridized carbons (Fsp3) is 0.0500. The van der Waals surface area contributed by atoms with Gasteiger partial charge in [0, 0.05) is 26.9 Å². The third kappa shape index (κ3) is 2.54. The molecule has 0 saturated heterocycles. The van der Waals surface area contributed by atoms with E-state index in [0.717, 1.165) is 10.9 Å². The van der Waals surface area contributed by atoms with Crippen LogP contribution in [-0.4, -0.2) is 10.5 Å². The molecule has 2 N–H and O–H groups in total. The van der Waals surface area contributed by atoms with Crippen LogP contribution in [0.3, 0.4) is 0 Å². The molecule has 1 amide bonds. The number of fused-ring (bicyclic) bond motifs is 3. The summed E-state index contributed by atoms with van der Waals surface area (Å²) >= 11 is 12.7. The summed E-state index contributed by atoms with van der Waals surface area (Å²) in [7, 11) is 0. The molecule has 0 aliphatic heterocycles. The minimum Gasteiger partial charge on any atom is -0.366 e. The van der Waals surface area contributed by atoms with Crippen LogP contribution in [0.25, 0.3) is 21.8 Å². The van der Waals surface area contributed by atoms with Crippen LogP contribution in [0.5, 0.6) is 0 Å². The highest BCUT2D eigenvalue weighted by Crippen LogP contribution is 2.36. The smallest absolute Gasteiger partial charge is 0.249 e. The lowest BCUT2D eigenvalue weighted by Gasteiger charge is -2.11. The van der Waals surface area contributed by atoms with Gasteiger partial charge in [0.2, 0.25) is 5.91 Å². The van der Waals surface area contributed by atoms with E-state index in [2.05, 4.69) is 0 Å². The molecular weight excluding hydrogens is 374 g/mol. The topological polar surface area (TPSA) is 48.0 Å². The third-order valence-electron chi connectivity index (χ3n) is 4.50. The summed E-state index contributed by atoms with van der Waals surface area (Å²) in [5.74, 6) is -0.927. The van der Waals surface area contributed by atoms with Crippen molar-refractivity contribution in [1.82, 2.24) is 4.57 Å². The molecule has 0 atom stereocenters. The molecule has 0 aliphatic carbocycles. The molecule has 0 spiro atoms. The lowest BCUT2D eigenvalue weighted by atomic mass is 10.1. The molecule has 3 nitrogen and oxygen atoms in total. The van der Waals surface area contributed by atoms with Gasteiger partial charge in [-0.25, -0.2) is 4.39 Å². The van der Waals surface area contributed by atoms with Crippen molar-refractivity contribution >= 4 is 50.9 Å². The van der Waals surface area contributed by atoms with E-state index in [-0.39, 0.29) is 6.54 Å². The van der Waals surface area contributed by atoms with Crippen LogP contribution in [0.2, 0.25) is 10.0 Å². The van der Waals surface area contributed by atoms with Gasteiger partial charge in [-0.2, -0.15) is 0 Å². The molecule has 3 aromatic carbocycles. The van der Waals surface area contributed by atoms with Crippen molar-refractivity contribution < 1.29 is 9.18 Å². The Hall–Kier alpha value is -2.56. The first kappa shape index (κ1) is 16.9. The number of carbonyl (C=O) groups excluding carboxylic acids is 1. The van der Waals surface area contributed by atoms with Gasteiger partial charge in [-0.1, -0.05) is 47.5 Å². The average molecular weight is 387 g/mol. The average Bonchev–Trinajstić information content (AvgIpc) is 2.93. The zero-order valence-electron chi connectivity index (χ0n) is 13.5. The van der Waals surface area contributed by atoms with E-state index in [1.807, 2.05) is 22.8 Å². The van der Waals surface area contributed by atoms with Crippen molar-refractivity contribution in [2.45, 2.75) is 6.54 Å². The van der Waals surface area contributed by atoms with Gasteiger partial charge in [0.15, 0.2) is 0 Å². The Morgan fingerprint density at radius 3 is 2.42 bits per heavy atom. The molecule has 0 fully saturated rings. The second kappa shape index (κ2) is 6.31. The SMILES string of the molecule is NC(=O)c1cccc2c1c1cccc(Cl)c1n2Cc1c(F)cccc1Cl. The fourth-order valence-corrected chi connectivity index (χ4v) is 3.87. The lowest BCUT2D eigenvalue weighted by Crippen LogP contribution is -2.11. The third-order valence-corrected chi connectivity index (χ3v) is 5.16. The number of primary amides is 1. The summed E-state index contributed by atoms with van der Waals surface area (Å²) in [6.07, 6.45) is 0. The van der Waals surface area contributed by atoms with E-state index in [1.165, 1.54) is 6.07 Å². The Balaban J connectivity index is 2.11. The first-order chi connectivity index (χ1) is 12.5. The highest BCUT2D eigenvalue weighted by molar-refractivity contribution is 6.37. The summed E-state index contributed by atoms with van der Waals surface area (Å²) < 4.78 is 16.2. The molecule has 4 rings (SSSR count). The van der Waals surface area contributed by atoms with E-state index < -0.39 is 11.7 Å². The minimum absolute atomic E-state index is 0.178. The van der Waals surface area contributed by atoms with Crippen molar-refractivity contribution in [1.29, 1.82) is 0 Å². The number of amides is 1. The van der Waals surface area contributed by atoms with Gasteiger partial charge in [-0.15, -0.1) is 0 Å². The second-order valence-corrected chi connectivity index (χ2v) is 6.80. The second-order valence-electron chi connectivity index (χ2n) is 5.99. The Labute approximate surface area is 158 Å². The van der Waals surface area contributed by atoms with Gasteiger partial charge < -0.3 is 10.3 Å². The number of aromatic nitrogens is 1. The van der Waals surface area contributed by atoms with E-state index in [0.29, 0.717) is 32.1 Å². The molecule has 6 heteroatoms. The number of rotatable bonds is 3. The van der Waals surface area contributed by atoms with Gasteiger partial charge in [0.05, 0.1) is 22.6 Å². The number of nitrogens with two attached hydrogens (primary N) is 1. The van der Waals surface area contributed by atoms with E-state index in [4.69, 9.17) is 28.9 Å². The fourth-order valence-electron chi connectivity index (χ4n) is 3.37. The van der Waals surface area contributed by atoms with Gasteiger partial charge >= 0.3 is 0 Å². The lowest BCUT2D eigenvalue weighted by molar-refractivity contribution is 0.100. The first-order valence-electron chi connectivity index (χ1n) is 7.91. The van der Waals surface area contributed by atoms with E-state index in [1.54, 1.807) is 30.3 Å². The molecule has 0 radical (unpaired) electrons. The molecule has 130 valence electrons. The van der Waals surface area contributed by atoms with E-state index >= 15 is 0 Å². The minimum atomic E-state index is -0.529. The predicted octanol–water partition coefficient (Wildman–Crippen LogP) is 5.39. The highest BCUT2D eigenvalue weighted by Gasteiger charge is 2.19. The van der Waals surface area contributed by atoms with Crippen molar-refractivity contribution in [3.8, 4) is 0 Å². The van der Waals surface area contributed by atoms with Crippen molar-refractivity contribution in [3.63, 3.8) is 0 Å². The number of benzene rings is 3. The maximum absolute atomic E-state index is 14.3. The zero-order valence-corrected chi connectivity index (χ0v) is 15.0. The quantitative estimate of drug-likeness (QED) is 0.504. The Morgan fingerprint density at radius 2 is 1.69 bits per heavy atom. The molecule has 26 heavy (non-hydrogen) atoms. The van der Waals surface area contributed by atoms with Crippen LogP contribution in [0.4, 0.5) is 4.39 Å². The highest BCUT2D eigenvalue weighted by atomic mass is 35.5. The number of carbonyl (C=O) groups is 1.